The second kappa shape index (κ2) is 5.02. The molecule has 0 amide bonds. The van der Waals surface area contributed by atoms with Crippen molar-refractivity contribution in [2.45, 2.75) is 51.5 Å². The van der Waals surface area contributed by atoms with Crippen molar-refractivity contribution in [1.29, 1.82) is 0 Å². The number of hydrazine groups is 1. The van der Waals surface area contributed by atoms with Crippen molar-refractivity contribution in [3.05, 3.63) is 34.9 Å². The highest BCUT2D eigenvalue weighted by Crippen LogP contribution is 2.38. The molecule has 1 aromatic rings. The summed E-state index contributed by atoms with van der Waals surface area (Å²) in [6.45, 7) is 2.34. The quantitative estimate of drug-likeness (QED) is 0.617. The summed E-state index contributed by atoms with van der Waals surface area (Å²) in [6.07, 6.45) is 7.72. The Bertz CT molecular complexity index is 423. The van der Waals surface area contributed by atoms with Crippen LogP contribution >= 0.6 is 0 Å². The van der Waals surface area contributed by atoms with Crippen molar-refractivity contribution < 1.29 is 0 Å². The summed E-state index contributed by atoms with van der Waals surface area (Å²) in [5.74, 6) is 7.35. The third kappa shape index (κ3) is 2.45. The van der Waals surface area contributed by atoms with Crippen molar-refractivity contribution in [2.24, 2.45) is 17.7 Å². The Kier molecular flexibility index (Phi) is 3.40. The average molecular weight is 244 g/mol. The number of rotatable bonds is 5. The van der Waals surface area contributed by atoms with Crippen LogP contribution in [0.5, 0.6) is 0 Å². The van der Waals surface area contributed by atoms with Gasteiger partial charge in [0.1, 0.15) is 0 Å². The van der Waals surface area contributed by atoms with Gasteiger partial charge in [-0.2, -0.15) is 0 Å². The molecule has 18 heavy (non-hydrogen) atoms. The Labute approximate surface area is 110 Å². The number of hydrogen-bond donors (Lipinski definition) is 2. The summed E-state index contributed by atoms with van der Waals surface area (Å²) < 4.78 is 0. The van der Waals surface area contributed by atoms with E-state index in [1.165, 1.54) is 37.7 Å². The van der Waals surface area contributed by atoms with Crippen LogP contribution in [0.3, 0.4) is 0 Å². The Morgan fingerprint density at radius 2 is 2.06 bits per heavy atom. The number of nitrogens with one attached hydrogen (secondary N) is 1. The maximum absolute atomic E-state index is 5.75. The highest BCUT2D eigenvalue weighted by molar-refractivity contribution is 5.35. The summed E-state index contributed by atoms with van der Waals surface area (Å²) in [5, 5.41) is 0. The van der Waals surface area contributed by atoms with Crippen LogP contribution in [-0.4, -0.2) is 6.04 Å². The molecule has 3 rings (SSSR count). The molecular weight excluding hydrogens is 220 g/mol. The fourth-order valence-corrected chi connectivity index (χ4v) is 3.35. The fraction of sp³-hybridized carbons (Fsp3) is 0.625. The fourth-order valence-electron chi connectivity index (χ4n) is 3.35. The highest BCUT2D eigenvalue weighted by atomic mass is 15.2. The van der Waals surface area contributed by atoms with Crippen LogP contribution in [0, 0.1) is 11.8 Å². The maximum atomic E-state index is 5.75. The number of aryl methyl sites for hydroxylation is 2. The molecule has 0 heterocycles. The molecule has 1 fully saturated rings. The van der Waals surface area contributed by atoms with E-state index < -0.39 is 0 Å². The monoisotopic (exact) mass is 244 g/mol. The van der Waals surface area contributed by atoms with Gasteiger partial charge in [0.2, 0.25) is 0 Å². The minimum absolute atomic E-state index is 0.428. The molecule has 0 bridgehead atoms. The molecule has 1 aromatic carbocycles. The van der Waals surface area contributed by atoms with Gasteiger partial charge >= 0.3 is 0 Å². The Morgan fingerprint density at radius 3 is 2.78 bits per heavy atom. The van der Waals surface area contributed by atoms with E-state index in [4.69, 9.17) is 5.84 Å². The van der Waals surface area contributed by atoms with Gasteiger partial charge in [-0.3, -0.25) is 11.3 Å². The summed E-state index contributed by atoms with van der Waals surface area (Å²) in [5.41, 5.74) is 7.62. The van der Waals surface area contributed by atoms with Crippen LogP contribution in [0.2, 0.25) is 0 Å². The van der Waals surface area contributed by atoms with E-state index >= 15 is 0 Å². The summed E-state index contributed by atoms with van der Waals surface area (Å²) in [4.78, 5) is 0. The van der Waals surface area contributed by atoms with Crippen molar-refractivity contribution in [3.8, 4) is 0 Å². The lowest BCUT2D eigenvalue weighted by atomic mass is 9.91. The molecule has 3 N–H and O–H groups in total. The van der Waals surface area contributed by atoms with Gasteiger partial charge in [0, 0.05) is 6.04 Å². The van der Waals surface area contributed by atoms with Crippen LogP contribution in [0.1, 0.15) is 42.9 Å². The minimum atomic E-state index is 0.428. The highest BCUT2D eigenvalue weighted by Gasteiger charge is 2.32. The third-order valence-corrected chi connectivity index (χ3v) is 4.83. The zero-order valence-corrected chi connectivity index (χ0v) is 11.3. The topological polar surface area (TPSA) is 38.0 Å². The van der Waals surface area contributed by atoms with E-state index in [0.29, 0.717) is 12.0 Å². The van der Waals surface area contributed by atoms with Crippen LogP contribution in [0.4, 0.5) is 0 Å². The van der Waals surface area contributed by atoms with Crippen molar-refractivity contribution in [3.63, 3.8) is 0 Å². The summed E-state index contributed by atoms with van der Waals surface area (Å²) >= 11 is 0. The van der Waals surface area contributed by atoms with Crippen LogP contribution < -0.4 is 11.3 Å². The van der Waals surface area contributed by atoms with Crippen LogP contribution in [-0.2, 0) is 19.3 Å². The number of nitrogens with two attached hydrogens (primary N) is 1. The molecule has 0 spiro atoms. The third-order valence-electron chi connectivity index (χ3n) is 4.83. The Hall–Kier alpha value is -0.860. The Balaban J connectivity index is 1.70. The van der Waals surface area contributed by atoms with Crippen molar-refractivity contribution >= 4 is 0 Å². The van der Waals surface area contributed by atoms with E-state index in [9.17, 15) is 0 Å². The molecule has 0 aromatic heterocycles. The molecule has 2 aliphatic rings. The lowest BCUT2D eigenvalue weighted by Gasteiger charge is -2.23. The Morgan fingerprint density at radius 1 is 1.28 bits per heavy atom. The molecule has 98 valence electrons. The van der Waals surface area contributed by atoms with Gasteiger partial charge < -0.3 is 0 Å². The zero-order chi connectivity index (χ0) is 12.5. The summed E-state index contributed by atoms with van der Waals surface area (Å²) in [7, 11) is 0. The molecule has 2 nitrogen and oxygen atoms in total. The summed E-state index contributed by atoms with van der Waals surface area (Å²) in [6, 6.07) is 7.46. The van der Waals surface area contributed by atoms with Crippen LogP contribution in [0.25, 0.3) is 0 Å². The smallest absolute Gasteiger partial charge is 0.0279 e. The zero-order valence-electron chi connectivity index (χ0n) is 11.3. The molecule has 0 radical (unpaired) electrons. The first-order valence-corrected chi connectivity index (χ1v) is 7.34. The van der Waals surface area contributed by atoms with Gasteiger partial charge in [-0.05, 0) is 67.1 Å². The SMILES string of the molecule is CC(C1CC1)C(Cc1ccc2c(c1)CCC2)NN. The van der Waals surface area contributed by atoms with E-state index in [-0.39, 0.29) is 0 Å². The van der Waals surface area contributed by atoms with Gasteiger partial charge in [-0.25, -0.2) is 0 Å². The largest absolute Gasteiger partial charge is 0.271 e. The minimum Gasteiger partial charge on any atom is -0.271 e. The molecule has 2 atom stereocenters. The lowest BCUT2D eigenvalue weighted by molar-refractivity contribution is 0.343. The van der Waals surface area contributed by atoms with E-state index in [0.717, 1.165) is 12.3 Å². The maximum Gasteiger partial charge on any atom is 0.0279 e. The molecule has 0 saturated heterocycles. The predicted molar refractivity (Wildman–Crippen MR) is 75.2 cm³/mol. The van der Waals surface area contributed by atoms with Gasteiger partial charge in [-0.15, -0.1) is 0 Å². The van der Waals surface area contributed by atoms with E-state index in [1.807, 2.05) is 0 Å². The van der Waals surface area contributed by atoms with Crippen molar-refractivity contribution in [1.82, 2.24) is 5.43 Å². The first-order chi connectivity index (χ1) is 8.78. The standard InChI is InChI=1S/C16H24N2/c1-11(13-7-8-13)16(18-17)10-12-5-6-14-3-2-4-15(14)9-12/h5-6,9,11,13,16,18H,2-4,7-8,10,17H2,1H3. The van der Waals surface area contributed by atoms with E-state index in [1.54, 1.807) is 11.1 Å². The van der Waals surface area contributed by atoms with Crippen LogP contribution in [0.15, 0.2) is 18.2 Å². The van der Waals surface area contributed by atoms with Gasteiger partial charge in [-0.1, -0.05) is 25.1 Å². The molecule has 2 unspecified atom stereocenters. The second-order valence-electron chi connectivity index (χ2n) is 6.13. The molecular formula is C16H24N2. The van der Waals surface area contributed by atoms with Gasteiger partial charge in [0.15, 0.2) is 0 Å². The molecule has 2 aliphatic carbocycles. The normalized spacial score (nSPS) is 21.7. The number of hydrogen-bond acceptors (Lipinski definition) is 2. The first-order valence-electron chi connectivity index (χ1n) is 7.34. The predicted octanol–water partition coefficient (Wildman–Crippen LogP) is 2.60. The van der Waals surface area contributed by atoms with E-state index in [2.05, 4.69) is 30.5 Å². The lowest BCUT2D eigenvalue weighted by Crippen LogP contribution is -2.42. The van der Waals surface area contributed by atoms with Crippen molar-refractivity contribution in [2.75, 3.05) is 0 Å². The second-order valence-corrected chi connectivity index (χ2v) is 6.13. The molecule has 0 aliphatic heterocycles. The first kappa shape index (κ1) is 12.2. The number of fused-ring (bicyclic) bond motifs is 1. The number of benzene rings is 1. The average Bonchev–Trinajstić information content (AvgIpc) is 3.13. The van der Waals surface area contributed by atoms with Gasteiger partial charge in [0.25, 0.3) is 0 Å². The molecule has 2 heteroatoms. The molecule has 1 saturated carbocycles. The van der Waals surface area contributed by atoms with Gasteiger partial charge in [0.05, 0.1) is 0 Å².